The van der Waals surface area contributed by atoms with Crippen molar-refractivity contribution in [3.63, 3.8) is 0 Å². The Morgan fingerprint density at radius 1 is 1.12 bits per heavy atom. The topological polar surface area (TPSA) is 48.9 Å². The maximum Gasteiger partial charge on any atom is 0.191 e. The van der Waals surface area contributed by atoms with E-state index in [4.69, 9.17) is 9.73 Å². The first-order valence-electron chi connectivity index (χ1n) is 9.03. The van der Waals surface area contributed by atoms with E-state index in [2.05, 4.69) is 81.6 Å². The van der Waals surface area contributed by atoms with Crippen molar-refractivity contribution in [2.24, 2.45) is 10.4 Å². The minimum absolute atomic E-state index is 0. The van der Waals surface area contributed by atoms with E-state index in [0.29, 0.717) is 6.54 Å². The first-order chi connectivity index (χ1) is 11.8. The van der Waals surface area contributed by atoms with Crippen molar-refractivity contribution in [3.05, 3.63) is 35.4 Å². The van der Waals surface area contributed by atoms with Gasteiger partial charge in [0.25, 0.3) is 0 Å². The number of halogens is 1. The fraction of sp³-hybridized carbons (Fsp3) is 0.650. The number of nitrogens with zero attached hydrogens (tertiary/aromatic N) is 2. The summed E-state index contributed by atoms with van der Waals surface area (Å²) in [5, 5.41) is 6.69. The van der Waals surface area contributed by atoms with Crippen LogP contribution in [0.4, 0.5) is 0 Å². The van der Waals surface area contributed by atoms with Crippen LogP contribution < -0.4 is 10.6 Å². The summed E-state index contributed by atoms with van der Waals surface area (Å²) < 4.78 is 5.60. The van der Waals surface area contributed by atoms with Gasteiger partial charge in [0.1, 0.15) is 0 Å². The molecule has 0 aromatic heterocycles. The quantitative estimate of drug-likeness (QED) is 0.343. The zero-order valence-corrected chi connectivity index (χ0v) is 19.8. The summed E-state index contributed by atoms with van der Waals surface area (Å²) in [6, 6.07) is 8.65. The Kier molecular flexibility index (Phi) is 12.1. The molecule has 1 aromatic carbocycles. The first-order valence-corrected chi connectivity index (χ1v) is 9.03. The number of rotatable bonds is 8. The van der Waals surface area contributed by atoms with Crippen LogP contribution in [0.3, 0.4) is 0 Å². The van der Waals surface area contributed by atoms with E-state index in [9.17, 15) is 0 Å². The maximum atomic E-state index is 5.60. The van der Waals surface area contributed by atoms with Gasteiger partial charge in [0.15, 0.2) is 5.96 Å². The second-order valence-electron chi connectivity index (χ2n) is 7.72. The summed E-state index contributed by atoms with van der Waals surface area (Å²) in [4.78, 5) is 6.86. The predicted molar refractivity (Wildman–Crippen MR) is 122 cm³/mol. The molecule has 6 heteroatoms. The summed E-state index contributed by atoms with van der Waals surface area (Å²) in [6.07, 6.45) is 0.127. The molecule has 1 aromatic rings. The number of ether oxygens (including phenoxy) is 1. The van der Waals surface area contributed by atoms with Crippen LogP contribution in [-0.4, -0.2) is 51.3 Å². The third-order valence-electron chi connectivity index (χ3n) is 3.99. The van der Waals surface area contributed by atoms with Crippen LogP contribution >= 0.6 is 24.0 Å². The summed E-state index contributed by atoms with van der Waals surface area (Å²) in [5.74, 6) is 0.825. The van der Waals surface area contributed by atoms with Crippen molar-refractivity contribution in [1.29, 1.82) is 0 Å². The molecule has 0 bridgehead atoms. The van der Waals surface area contributed by atoms with Gasteiger partial charge in [-0.2, -0.15) is 0 Å². The average Bonchev–Trinajstić information content (AvgIpc) is 2.52. The van der Waals surface area contributed by atoms with Crippen molar-refractivity contribution in [1.82, 2.24) is 15.5 Å². The lowest BCUT2D eigenvalue weighted by Crippen LogP contribution is -2.45. The lowest BCUT2D eigenvalue weighted by molar-refractivity contribution is 0.0205. The number of methoxy groups -OCH3 is 1. The number of benzene rings is 1. The Bertz CT molecular complexity index is 524. The minimum Gasteiger partial charge on any atom is -0.379 e. The highest BCUT2D eigenvalue weighted by atomic mass is 127. The van der Waals surface area contributed by atoms with E-state index < -0.39 is 0 Å². The molecule has 26 heavy (non-hydrogen) atoms. The fourth-order valence-corrected chi connectivity index (χ4v) is 2.56. The van der Waals surface area contributed by atoms with Crippen LogP contribution in [-0.2, 0) is 17.8 Å². The number of hydrogen-bond donors (Lipinski definition) is 2. The lowest BCUT2D eigenvalue weighted by atomic mass is 9.89. The largest absolute Gasteiger partial charge is 0.379 e. The van der Waals surface area contributed by atoms with Gasteiger partial charge in [0, 0.05) is 26.7 Å². The van der Waals surface area contributed by atoms with E-state index in [1.54, 1.807) is 7.11 Å². The van der Waals surface area contributed by atoms with Crippen molar-refractivity contribution in [3.8, 4) is 0 Å². The maximum absolute atomic E-state index is 5.60. The van der Waals surface area contributed by atoms with Gasteiger partial charge in [-0.25, -0.2) is 4.99 Å². The van der Waals surface area contributed by atoms with Crippen LogP contribution in [0.5, 0.6) is 0 Å². The molecular weight excluding hydrogens is 439 g/mol. The SMILES string of the molecule is CCNC(=NCc1ccc(CN(C)C)cc1)NCC(OC)C(C)(C)C.I. The van der Waals surface area contributed by atoms with Gasteiger partial charge in [0.2, 0.25) is 0 Å². The van der Waals surface area contributed by atoms with Crippen molar-refractivity contribution >= 4 is 29.9 Å². The van der Waals surface area contributed by atoms with Crippen LogP contribution in [0.25, 0.3) is 0 Å². The summed E-state index contributed by atoms with van der Waals surface area (Å²) >= 11 is 0. The smallest absolute Gasteiger partial charge is 0.191 e. The molecule has 0 aliphatic rings. The number of nitrogens with one attached hydrogen (secondary N) is 2. The zero-order valence-electron chi connectivity index (χ0n) is 17.4. The molecule has 150 valence electrons. The highest BCUT2D eigenvalue weighted by Gasteiger charge is 2.24. The Hall–Kier alpha value is -0.860. The van der Waals surface area contributed by atoms with Crippen LogP contribution in [0, 0.1) is 5.41 Å². The highest BCUT2D eigenvalue weighted by molar-refractivity contribution is 14.0. The Morgan fingerprint density at radius 2 is 1.69 bits per heavy atom. The van der Waals surface area contributed by atoms with E-state index in [-0.39, 0.29) is 35.5 Å². The Labute approximate surface area is 177 Å². The average molecular weight is 476 g/mol. The number of guanidine groups is 1. The molecule has 0 saturated carbocycles. The molecule has 1 atom stereocenters. The van der Waals surface area contributed by atoms with Gasteiger partial charge in [-0.1, -0.05) is 45.0 Å². The monoisotopic (exact) mass is 476 g/mol. The van der Waals surface area contributed by atoms with E-state index in [1.807, 2.05) is 0 Å². The molecule has 0 spiro atoms. The second-order valence-corrected chi connectivity index (χ2v) is 7.72. The van der Waals surface area contributed by atoms with Crippen molar-refractivity contribution in [2.45, 2.75) is 46.9 Å². The molecule has 0 aliphatic carbocycles. The fourth-order valence-electron chi connectivity index (χ4n) is 2.56. The molecule has 2 N–H and O–H groups in total. The van der Waals surface area contributed by atoms with Crippen molar-refractivity contribution in [2.75, 3.05) is 34.3 Å². The van der Waals surface area contributed by atoms with Gasteiger partial charge in [-0.05, 0) is 37.6 Å². The Morgan fingerprint density at radius 3 is 2.15 bits per heavy atom. The van der Waals surface area contributed by atoms with E-state index in [0.717, 1.165) is 25.6 Å². The second kappa shape index (κ2) is 12.5. The summed E-state index contributed by atoms with van der Waals surface area (Å²) in [6.45, 7) is 11.8. The molecule has 1 rings (SSSR count). The van der Waals surface area contributed by atoms with Gasteiger partial charge in [-0.3, -0.25) is 0 Å². The van der Waals surface area contributed by atoms with Crippen LogP contribution in [0.2, 0.25) is 0 Å². The third kappa shape index (κ3) is 9.73. The van der Waals surface area contributed by atoms with Gasteiger partial charge in [-0.15, -0.1) is 24.0 Å². The van der Waals surface area contributed by atoms with Crippen LogP contribution in [0.1, 0.15) is 38.8 Å². The predicted octanol–water partition coefficient (Wildman–Crippen LogP) is 3.48. The normalized spacial score (nSPS) is 13.3. The van der Waals surface area contributed by atoms with Gasteiger partial charge in [0.05, 0.1) is 12.6 Å². The molecule has 1 unspecified atom stereocenters. The number of aliphatic imine (C=N–C) groups is 1. The van der Waals surface area contributed by atoms with Gasteiger partial charge < -0.3 is 20.3 Å². The van der Waals surface area contributed by atoms with E-state index in [1.165, 1.54) is 11.1 Å². The molecule has 0 aliphatic heterocycles. The minimum atomic E-state index is 0. The molecule has 5 nitrogen and oxygen atoms in total. The standard InChI is InChI=1S/C20H36N4O.HI/c1-8-21-19(23-14-18(25-7)20(2,3)4)22-13-16-9-11-17(12-10-16)15-24(5)6;/h9-12,18H,8,13-15H2,1-7H3,(H2,21,22,23);1H. The van der Waals surface area contributed by atoms with Gasteiger partial charge >= 0.3 is 0 Å². The van der Waals surface area contributed by atoms with E-state index >= 15 is 0 Å². The molecule has 0 saturated heterocycles. The molecular formula is C20H37IN4O. The molecule has 0 fully saturated rings. The van der Waals surface area contributed by atoms with Crippen molar-refractivity contribution < 1.29 is 4.74 Å². The first kappa shape index (κ1) is 25.1. The molecule has 0 amide bonds. The van der Waals surface area contributed by atoms with Crippen LogP contribution in [0.15, 0.2) is 29.3 Å². The zero-order chi connectivity index (χ0) is 18.9. The highest BCUT2D eigenvalue weighted by Crippen LogP contribution is 2.20. The molecule has 0 radical (unpaired) electrons. The third-order valence-corrected chi connectivity index (χ3v) is 3.99. The summed E-state index contributed by atoms with van der Waals surface area (Å²) in [7, 11) is 5.92. The Balaban J connectivity index is 0.00000625. The number of hydrogen-bond acceptors (Lipinski definition) is 3. The molecule has 0 heterocycles. The summed E-state index contributed by atoms with van der Waals surface area (Å²) in [5.41, 5.74) is 2.61. The lowest BCUT2D eigenvalue weighted by Gasteiger charge is -2.30.